The Bertz CT molecular complexity index is 11.6. The van der Waals surface area contributed by atoms with Crippen LogP contribution in [0.1, 0.15) is 0 Å². The summed E-state index contributed by atoms with van der Waals surface area (Å²) >= 11 is 6.25. The Morgan fingerprint density at radius 2 is 1.20 bits per heavy atom. The van der Waals surface area contributed by atoms with Gasteiger partial charge in [-0.05, 0) is 0 Å². The molecule has 0 heterocycles. The minimum absolute atomic E-state index is 0.250. The first kappa shape index (κ1) is 9.59. The van der Waals surface area contributed by atoms with Crippen molar-refractivity contribution in [1.82, 2.24) is 0 Å². The van der Waals surface area contributed by atoms with Gasteiger partial charge in [0.05, 0.1) is 0 Å². The third kappa shape index (κ3) is 33.6. The molecular formula is C2H4Br2Zn. The molecule has 28 valence electrons. The van der Waals surface area contributed by atoms with Crippen molar-refractivity contribution in [2.24, 2.45) is 0 Å². The van der Waals surface area contributed by atoms with Gasteiger partial charge in [-0.2, -0.15) is 0 Å². The molecule has 0 aromatic rings. The quantitative estimate of drug-likeness (QED) is 0.459. The van der Waals surface area contributed by atoms with E-state index in [1.165, 1.54) is 0 Å². The molecule has 0 aliphatic carbocycles. The number of hydrogen-bond acceptors (Lipinski definition) is 0. The predicted octanol–water partition coefficient (Wildman–Crippen LogP) is 2.49. The van der Waals surface area contributed by atoms with Crippen molar-refractivity contribution in [3.63, 3.8) is 0 Å². The Hall–Kier alpha value is 1.32. The first-order valence-electron chi connectivity index (χ1n) is 1.03. The van der Waals surface area contributed by atoms with Crippen LogP contribution >= 0.6 is 27.2 Å². The Morgan fingerprint density at radius 1 is 1.20 bits per heavy atom. The molecule has 5 heavy (non-hydrogen) atoms. The van der Waals surface area contributed by atoms with Gasteiger partial charge in [-0.25, -0.2) is 0 Å². The summed E-state index contributed by atoms with van der Waals surface area (Å²) in [5.41, 5.74) is 0. The monoisotopic (exact) mass is 250 g/mol. The summed E-state index contributed by atoms with van der Waals surface area (Å²) in [6, 6.07) is 0. The SMILES string of the molecule is C=C.[Br][Zn][Br]. The van der Waals surface area contributed by atoms with Crippen LogP contribution < -0.4 is 0 Å². The van der Waals surface area contributed by atoms with E-state index in [4.69, 9.17) is 0 Å². The molecule has 0 radical (unpaired) electrons. The second kappa shape index (κ2) is 18.4. The van der Waals surface area contributed by atoms with Crippen LogP contribution in [0.4, 0.5) is 0 Å². The van der Waals surface area contributed by atoms with Crippen LogP contribution in [0.5, 0.6) is 0 Å². The molecule has 0 aromatic heterocycles. The van der Waals surface area contributed by atoms with E-state index in [9.17, 15) is 0 Å². The van der Waals surface area contributed by atoms with E-state index in [0.717, 1.165) is 0 Å². The average molecular weight is 253 g/mol. The van der Waals surface area contributed by atoms with Crippen molar-refractivity contribution in [2.75, 3.05) is 0 Å². The molecule has 0 atom stereocenters. The van der Waals surface area contributed by atoms with Crippen molar-refractivity contribution in [1.29, 1.82) is 0 Å². The first-order chi connectivity index (χ1) is 2.41. The van der Waals surface area contributed by atoms with E-state index in [1.54, 1.807) is 0 Å². The fourth-order valence-corrected chi connectivity index (χ4v) is 0. The van der Waals surface area contributed by atoms with Crippen LogP contribution in [0, 0.1) is 0 Å². The molecule has 0 nitrogen and oxygen atoms in total. The molecule has 0 aliphatic heterocycles. The topological polar surface area (TPSA) is 0 Å². The molecule has 0 bridgehead atoms. The molecule has 0 aromatic carbocycles. The molecule has 0 spiro atoms. The first-order valence-corrected chi connectivity index (χ1v) is 14.9. The van der Waals surface area contributed by atoms with Crippen molar-refractivity contribution in [3.05, 3.63) is 13.2 Å². The van der Waals surface area contributed by atoms with Crippen LogP contribution in [0.3, 0.4) is 0 Å². The molecule has 0 saturated heterocycles. The van der Waals surface area contributed by atoms with Gasteiger partial charge < -0.3 is 0 Å². The van der Waals surface area contributed by atoms with Gasteiger partial charge >= 0.3 is 40.5 Å². The molecule has 0 rings (SSSR count). The number of rotatable bonds is 0. The molecule has 3 heteroatoms. The standard InChI is InChI=1S/C2H4.2BrH.Zn/c1-2;;;/h1-2H2;2*1H;/q;;;+2/p-2. The zero-order chi connectivity index (χ0) is 4.71. The van der Waals surface area contributed by atoms with Crippen molar-refractivity contribution in [2.45, 2.75) is 0 Å². The summed E-state index contributed by atoms with van der Waals surface area (Å²) in [4.78, 5) is 0. The van der Waals surface area contributed by atoms with Gasteiger partial charge in [0.2, 0.25) is 0 Å². The second-order valence-corrected chi connectivity index (χ2v) is 14.2. The predicted molar refractivity (Wildman–Crippen MR) is 29.1 cm³/mol. The average Bonchev–Trinajstić information content (AvgIpc) is 1.46. The van der Waals surface area contributed by atoms with E-state index >= 15 is 0 Å². The molecule has 0 saturated carbocycles. The zero-order valence-electron chi connectivity index (χ0n) is 2.88. The summed E-state index contributed by atoms with van der Waals surface area (Å²) in [6.07, 6.45) is 0. The van der Waals surface area contributed by atoms with E-state index in [2.05, 4.69) is 40.4 Å². The summed E-state index contributed by atoms with van der Waals surface area (Å²) < 4.78 is 0. The van der Waals surface area contributed by atoms with Gasteiger partial charge in [0.25, 0.3) is 0 Å². The fourth-order valence-electron chi connectivity index (χ4n) is 0. The van der Waals surface area contributed by atoms with E-state index < -0.39 is 0 Å². The maximum absolute atomic E-state index is 3.25. The Labute approximate surface area is 53.3 Å². The normalized spacial score (nSPS) is 2.80. The van der Waals surface area contributed by atoms with Gasteiger partial charge in [0, 0.05) is 0 Å². The van der Waals surface area contributed by atoms with Crippen LogP contribution in [-0.4, -0.2) is 0 Å². The van der Waals surface area contributed by atoms with Crippen LogP contribution in [0.15, 0.2) is 13.2 Å². The van der Waals surface area contributed by atoms with Gasteiger partial charge in [0.15, 0.2) is 0 Å². The molecule has 0 aliphatic rings. The Balaban J connectivity index is 0. The van der Waals surface area contributed by atoms with Gasteiger partial charge in [-0.3, -0.25) is 0 Å². The van der Waals surface area contributed by atoms with Crippen LogP contribution in [-0.2, 0) is 13.2 Å². The third-order valence-electron chi connectivity index (χ3n) is 0. The minimum atomic E-state index is -0.250. The number of halogens is 2. The molecule has 0 amide bonds. The molecular weight excluding hydrogens is 249 g/mol. The maximum atomic E-state index is 3.25. The number of hydrogen-bond donors (Lipinski definition) is 0. The summed E-state index contributed by atoms with van der Waals surface area (Å²) in [5.74, 6) is 0. The third-order valence-corrected chi connectivity index (χ3v) is 0. The molecule has 0 unspecified atom stereocenters. The van der Waals surface area contributed by atoms with Crippen molar-refractivity contribution in [3.8, 4) is 0 Å². The van der Waals surface area contributed by atoms with E-state index in [-0.39, 0.29) is 13.2 Å². The van der Waals surface area contributed by atoms with Crippen molar-refractivity contribution >= 4 is 27.2 Å². The molecule has 0 N–H and O–H groups in total. The van der Waals surface area contributed by atoms with E-state index in [0.29, 0.717) is 0 Å². The van der Waals surface area contributed by atoms with Crippen LogP contribution in [0.2, 0.25) is 0 Å². The molecule has 0 fully saturated rings. The Kier molecular flexibility index (Phi) is 35.3. The fraction of sp³-hybridized carbons (Fsp3) is 0. The van der Waals surface area contributed by atoms with Crippen molar-refractivity contribution < 1.29 is 13.2 Å². The zero-order valence-corrected chi connectivity index (χ0v) is 9.02. The summed E-state index contributed by atoms with van der Waals surface area (Å²) in [7, 11) is 0. The summed E-state index contributed by atoms with van der Waals surface area (Å²) in [5, 5.41) is 0. The second-order valence-electron chi connectivity index (χ2n) is 0.101. The van der Waals surface area contributed by atoms with E-state index in [1.807, 2.05) is 0 Å². The van der Waals surface area contributed by atoms with Gasteiger partial charge in [-0.15, -0.1) is 13.2 Å². The summed E-state index contributed by atoms with van der Waals surface area (Å²) in [6.45, 7) is 6.00. The van der Waals surface area contributed by atoms with Crippen LogP contribution in [0.25, 0.3) is 0 Å². The van der Waals surface area contributed by atoms with Gasteiger partial charge in [-0.1, -0.05) is 0 Å². The van der Waals surface area contributed by atoms with Gasteiger partial charge in [0.1, 0.15) is 0 Å². The Morgan fingerprint density at radius 3 is 1.20 bits per heavy atom.